The Hall–Kier alpha value is -1.10. The molecule has 1 aliphatic heterocycles. The van der Waals surface area contributed by atoms with Crippen LogP contribution in [0.3, 0.4) is 0 Å². The van der Waals surface area contributed by atoms with Crippen LogP contribution in [0.4, 0.5) is 0 Å². The lowest BCUT2D eigenvalue weighted by Gasteiger charge is -2.26. The summed E-state index contributed by atoms with van der Waals surface area (Å²) in [4.78, 5) is 13.1. The van der Waals surface area contributed by atoms with Gasteiger partial charge in [-0.15, -0.1) is 0 Å². The van der Waals surface area contributed by atoms with Crippen molar-refractivity contribution in [3.63, 3.8) is 0 Å². The summed E-state index contributed by atoms with van der Waals surface area (Å²) < 4.78 is 0. The monoisotopic (exact) mass is 268 g/mol. The summed E-state index contributed by atoms with van der Waals surface area (Å²) in [6.07, 6.45) is 0.694. The number of nitrogens with two attached hydrogens (primary N) is 1. The van der Waals surface area contributed by atoms with Crippen LogP contribution in [0.15, 0.2) is 24.3 Å². The highest BCUT2D eigenvalue weighted by molar-refractivity contribution is 6.30. The minimum Gasteiger partial charge on any atom is -0.481 e. The van der Waals surface area contributed by atoms with E-state index in [0.717, 1.165) is 12.1 Å². The van der Waals surface area contributed by atoms with Gasteiger partial charge in [-0.25, -0.2) is 0 Å². The van der Waals surface area contributed by atoms with Crippen LogP contribution in [0.25, 0.3) is 0 Å². The van der Waals surface area contributed by atoms with Crippen molar-refractivity contribution in [2.45, 2.75) is 12.5 Å². The molecule has 1 aliphatic rings. The lowest BCUT2D eigenvalue weighted by atomic mass is 10.1. The van der Waals surface area contributed by atoms with E-state index in [9.17, 15) is 4.79 Å². The van der Waals surface area contributed by atoms with Gasteiger partial charge in [-0.3, -0.25) is 9.69 Å². The second-order valence-corrected chi connectivity index (χ2v) is 5.06. The molecular weight excluding hydrogens is 252 g/mol. The van der Waals surface area contributed by atoms with Crippen LogP contribution < -0.4 is 5.73 Å². The predicted molar refractivity (Wildman–Crippen MR) is 70.6 cm³/mol. The molecular formula is C13H17ClN2O2. The number of nitrogens with zero attached hydrogens (tertiary/aromatic N) is 1. The van der Waals surface area contributed by atoms with Gasteiger partial charge in [0.25, 0.3) is 0 Å². The second kappa shape index (κ2) is 5.69. The van der Waals surface area contributed by atoms with E-state index in [1.165, 1.54) is 0 Å². The molecule has 0 saturated carbocycles. The standard InChI is InChI=1S/C13H17ClN2O2/c14-11-3-1-9(2-4-11)12(7-15)16-6-5-10(8-16)13(17)18/h1-4,10,12H,5-8,15H2,(H,17,18)/t10-,12+/m1/s1. The van der Waals surface area contributed by atoms with E-state index >= 15 is 0 Å². The number of rotatable bonds is 4. The van der Waals surface area contributed by atoms with E-state index in [4.69, 9.17) is 22.4 Å². The molecule has 0 aliphatic carbocycles. The van der Waals surface area contributed by atoms with E-state index in [-0.39, 0.29) is 12.0 Å². The zero-order valence-electron chi connectivity index (χ0n) is 10.1. The van der Waals surface area contributed by atoms with Gasteiger partial charge in [-0.2, -0.15) is 0 Å². The molecule has 2 rings (SSSR count). The van der Waals surface area contributed by atoms with E-state index in [1.807, 2.05) is 24.3 Å². The molecule has 98 valence electrons. The van der Waals surface area contributed by atoms with Crippen LogP contribution >= 0.6 is 11.6 Å². The van der Waals surface area contributed by atoms with Crippen molar-refractivity contribution in [2.75, 3.05) is 19.6 Å². The van der Waals surface area contributed by atoms with Crippen LogP contribution in [0.5, 0.6) is 0 Å². The first-order chi connectivity index (χ1) is 8.61. The number of carbonyl (C=O) groups is 1. The second-order valence-electron chi connectivity index (χ2n) is 4.62. The minimum atomic E-state index is -0.718. The molecule has 1 aromatic carbocycles. The topological polar surface area (TPSA) is 66.6 Å². The average molecular weight is 269 g/mol. The van der Waals surface area contributed by atoms with Crippen molar-refractivity contribution in [3.8, 4) is 0 Å². The van der Waals surface area contributed by atoms with Gasteiger partial charge in [-0.1, -0.05) is 23.7 Å². The molecule has 0 radical (unpaired) electrons. The zero-order chi connectivity index (χ0) is 13.1. The van der Waals surface area contributed by atoms with Crippen molar-refractivity contribution in [2.24, 2.45) is 11.7 Å². The Balaban J connectivity index is 2.10. The van der Waals surface area contributed by atoms with Crippen molar-refractivity contribution in [1.82, 2.24) is 4.90 Å². The van der Waals surface area contributed by atoms with Crippen LogP contribution in [-0.4, -0.2) is 35.6 Å². The first-order valence-electron chi connectivity index (χ1n) is 6.04. The van der Waals surface area contributed by atoms with Gasteiger partial charge >= 0.3 is 5.97 Å². The quantitative estimate of drug-likeness (QED) is 0.873. The lowest BCUT2D eigenvalue weighted by molar-refractivity contribution is -0.141. The molecule has 0 unspecified atom stereocenters. The highest BCUT2D eigenvalue weighted by atomic mass is 35.5. The summed E-state index contributed by atoms with van der Waals surface area (Å²) in [5.74, 6) is -0.990. The highest BCUT2D eigenvalue weighted by Crippen LogP contribution is 2.27. The van der Waals surface area contributed by atoms with Crippen molar-refractivity contribution in [1.29, 1.82) is 0 Å². The fourth-order valence-electron chi connectivity index (χ4n) is 2.45. The molecule has 3 N–H and O–H groups in total. The van der Waals surface area contributed by atoms with Gasteiger partial charge in [0.2, 0.25) is 0 Å². The third kappa shape index (κ3) is 2.83. The molecule has 1 saturated heterocycles. The zero-order valence-corrected chi connectivity index (χ0v) is 10.8. The highest BCUT2D eigenvalue weighted by Gasteiger charge is 2.32. The van der Waals surface area contributed by atoms with Gasteiger partial charge in [-0.05, 0) is 30.7 Å². The Morgan fingerprint density at radius 1 is 1.50 bits per heavy atom. The lowest BCUT2D eigenvalue weighted by Crippen LogP contribution is -2.32. The molecule has 4 nitrogen and oxygen atoms in total. The maximum absolute atomic E-state index is 11.0. The number of hydrogen-bond acceptors (Lipinski definition) is 3. The van der Waals surface area contributed by atoms with E-state index < -0.39 is 5.97 Å². The summed E-state index contributed by atoms with van der Waals surface area (Å²) in [5, 5.41) is 9.71. The average Bonchev–Trinajstić information content (AvgIpc) is 2.82. The van der Waals surface area contributed by atoms with Crippen LogP contribution in [-0.2, 0) is 4.79 Å². The predicted octanol–water partition coefficient (Wildman–Crippen LogP) is 1.75. The SMILES string of the molecule is NC[C@@H](c1ccc(Cl)cc1)N1CC[C@@H](C(=O)O)C1. The molecule has 2 atom stereocenters. The van der Waals surface area contributed by atoms with Gasteiger partial charge < -0.3 is 10.8 Å². The summed E-state index contributed by atoms with van der Waals surface area (Å²) in [5.41, 5.74) is 6.91. The molecule has 0 spiro atoms. The smallest absolute Gasteiger partial charge is 0.307 e. The minimum absolute atomic E-state index is 0.0756. The van der Waals surface area contributed by atoms with E-state index in [1.54, 1.807) is 0 Å². The van der Waals surface area contributed by atoms with Crippen molar-refractivity contribution < 1.29 is 9.90 Å². The van der Waals surface area contributed by atoms with E-state index in [0.29, 0.717) is 24.5 Å². The van der Waals surface area contributed by atoms with Crippen LogP contribution in [0, 0.1) is 5.92 Å². The van der Waals surface area contributed by atoms with Gasteiger partial charge in [0, 0.05) is 24.2 Å². The number of benzene rings is 1. The molecule has 5 heteroatoms. The first kappa shape index (κ1) is 13.3. The third-order valence-corrected chi connectivity index (χ3v) is 3.74. The Morgan fingerprint density at radius 2 is 2.17 bits per heavy atom. The summed E-state index contributed by atoms with van der Waals surface area (Å²) >= 11 is 5.86. The number of carboxylic acids is 1. The Labute approximate surface area is 111 Å². The van der Waals surface area contributed by atoms with Crippen LogP contribution in [0.2, 0.25) is 5.02 Å². The number of aliphatic carboxylic acids is 1. The number of halogens is 1. The number of hydrogen-bond donors (Lipinski definition) is 2. The van der Waals surface area contributed by atoms with Gasteiger partial charge in [0.05, 0.1) is 5.92 Å². The Bertz CT molecular complexity index is 422. The number of likely N-dealkylation sites (tertiary alicyclic amines) is 1. The summed E-state index contributed by atoms with van der Waals surface area (Å²) in [7, 11) is 0. The normalized spacial score (nSPS) is 22.0. The molecule has 1 heterocycles. The fraction of sp³-hybridized carbons (Fsp3) is 0.462. The number of carboxylic acid groups (broad SMARTS) is 1. The van der Waals surface area contributed by atoms with Crippen LogP contribution in [0.1, 0.15) is 18.0 Å². The summed E-state index contributed by atoms with van der Waals surface area (Å²) in [6, 6.07) is 7.66. The van der Waals surface area contributed by atoms with Gasteiger partial charge in [0.1, 0.15) is 0 Å². The van der Waals surface area contributed by atoms with E-state index in [2.05, 4.69) is 4.90 Å². The molecule has 1 fully saturated rings. The molecule has 18 heavy (non-hydrogen) atoms. The fourth-order valence-corrected chi connectivity index (χ4v) is 2.58. The molecule has 0 amide bonds. The van der Waals surface area contributed by atoms with Crippen molar-refractivity contribution in [3.05, 3.63) is 34.9 Å². The maximum Gasteiger partial charge on any atom is 0.307 e. The Kier molecular flexibility index (Phi) is 4.22. The van der Waals surface area contributed by atoms with Crippen molar-refractivity contribution >= 4 is 17.6 Å². The third-order valence-electron chi connectivity index (χ3n) is 3.49. The Morgan fingerprint density at radius 3 is 2.67 bits per heavy atom. The van der Waals surface area contributed by atoms with Gasteiger partial charge in [0.15, 0.2) is 0 Å². The first-order valence-corrected chi connectivity index (χ1v) is 6.42. The molecule has 1 aromatic rings. The largest absolute Gasteiger partial charge is 0.481 e. The maximum atomic E-state index is 11.0. The molecule has 0 bridgehead atoms. The summed E-state index contributed by atoms with van der Waals surface area (Å²) in [6.45, 7) is 1.83. The molecule has 0 aromatic heterocycles.